The predicted octanol–water partition coefficient (Wildman–Crippen LogP) is 1.67. The fourth-order valence-corrected chi connectivity index (χ4v) is 2.53. The molecule has 0 radical (unpaired) electrons. The van der Waals surface area contributed by atoms with E-state index in [9.17, 15) is 0 Å². The summed E-state index contributed by atoms with van der Waals surface area (Å²) in [5.41, 5.74) is 2.48. The third-order valence-corrected chi connectivity index (χ3v) is 3.73. The second kappa shape index (κ2) is 5.55. The van der Waals surface area contributed by atoms with Gasteiger partial charge in [-0.05, 0) is 30.7 Å². The van der Waals surface area contributed by atoms with Crippen LogP contribution in [0.3, 0.4) is 0 Å². The number of hydrogen-bond acceptors (Lipinski definition) is 3. The second-order valence-electron chi connectivity index (χ2n) is 5.14. The Morgan fingerprint density at radius 2 is 2.16 bits per heavy atom. The van der Waals surface area contributed by atoms with Crippen molar-refractivity contribution in [1.82, 2.24) is 20.0 Å². The van der Waals surface area contributed by atoms with Crippen LogP contribution in [0.2, 0.25) is 0 Å². The van der Waals surface area contributed by atoms with Crippen LogP contribution in [0.5, 0.6) is 0 Å². The molecule has 1 aromatic heterocycles. The van der Waals surface area contributed by atoms with E-state index in [1.807, 2.05) is 16.9 Å². The van der Waals surface area contributed by atoms with Crippen LogP contribution in [-0.2, 0) is 6.54 Å². The summed E-state index contributed by atoms with van der Waals surface area (Å²) in [6.45, 7) is 6.62. The largest absolute Gasteiger partial charge is 0.314 e. The molecule has 0 bridgehead atoms. The van der Waals surface area contributed by atoms with Crippen molar-refractivity contribution in [2.24, 2.45) is 0 Å². The van der Waals surface area contributed by atoms with Crippen molar-refractivity contribution in [2.45, 2.75) is 19.5 Å². The molecule has 2 aromatic rings. The third-order valence-electron chi connectivity index (χ3n) is 3.73. The van der Waals surface area contributed by atoms with Gasteiger partial charge in [0.2, 0.25) is 0 Å². The van der Waals surface area contributed by atoms with Crippen LogP contribution < -0.4 is 5.32 Å². The average molecular weight is 256 g/mol. The molecule has 1 saturated heterocycles. The monoisotopic (exact) mass is 256 g/mol. The molecular formula is C15H20N4. The van der Waals surface area contributed by atoms with Gasteiger partial charge in [-0.15, -0.1) is 0 Å². The van der Waals surface area contributed by atoms with Crippen LogP contribution in [-0.4, -0.2) is 40.4 Å². The molecule has 19 heavy (non-hydrogen) atoms. The Labute approximate surface area is 114 Å². The maximum atomic E-state index is 4.24. The zero-order chi connectivity index (χ0) is 13.1. The molecule has 1 fully saturated rings. The molecule has 0 amide bonds. The van der Waals surface area contributed by atoms with Crippen LogP contribution in [0.15, 0.2) is 42.7 Å². The zero-order valence-electron chi connectivity index (χ0n) is 11.3. The lowest BCUT2D eigenvalue weighted by atomic mass is 10.1. The van der Waals surface area contributed by atoms with Crippen molar-refractivity contribution in [3.63, 3.8) is 0 Å². The standard InChI is InChI=1S/C15H20N4/c1-13-11-16-8-10-18(13)12-14-3-5-15(6-4-14)19-9-2-7-17-19/h2-7,9,13,16H,8,10-12H2,1H3/t13-/m0/s1. The van der Waals surface area contributed by atoms with Crippen LogP contribution in [0, 0.1) is 0 Å². The Morgan fingerprint density at radius 3 is 2.84 bits per heavy atom. The number of benzene rings is 1. The quantitative estimate of drug-likeness (QED) is 0.907. The van der Waals surface area contributed by atoms with Gasteiger partial charge < -0.3 is 5.32 Å². The number of hydrogen-bond donors (Lipinski definition) is 1. The molecule has 0 spiro atoms. The van der Waals surface area contributed by atoms with E-state index in [-0.39, 0.29) is 0 Å². The first-order valence-corrected chi connectivity index (χ1v) is 6.86. The summed E-state index contributed by atoms with van der Waals surface area (Å²) in [4.78, 5) is 2.53. The van der Waals surface area contributed by atoms with Gasteiger partial charge in [-0.2, -0.15) is 5.10 Å². The van der Waals surface area contributed by atoms with Crippen LogP contribution in [0.4, 0.5) is 0 Å². The number of nitrogens with one attached hydrogen (secondary N) is 1. The Kier molecular flexibility index (Phi) is 3.62. The van der Waals surface area contributed by atoms with Gasteiger partial charge in [0, 0.05) is 44.6 Å². The van der Waals surface area contributed by atoms with E-state index in [2.05, 4.69) is 46.5 Å². The fraction of sp³-hybridized carbons (Fsp3) is 0.400. The molecular weight excluding hydrogens is 236 g/mol. The van der Waals surface area contributed by atoms with Crippen molar-refractivity contribution in [3.05, 3.63) is 48.3 Å². The smallest absolute Gasteiger partial charge is 0.0645 e. The highest BCUT2D eigenvalue weighted by atomic mass is 15.3. The molecule has 1 N–H and O–H groups in total. The number of piperazine rings is 1. The second-order valence-corrected chi connectivity index (χ2v) is 5.14. The molecule has 1 atom stereocenters. The molecule has 0 unspecified atom stereocenters. The first-order valence-electron chi connectivity index (χ1n) is 6.86. The maximum absolute atomic E-state index is 4.24. The molecule has 0 aliphatic carbocycles. The average Bonchev–Trinajstić information content (AvgIpc) is 2.96. The summed E-state index contributed by atoms with van der Waals surface area (Å²) in [5.74, 6) is 0. The summed E-state index contributed by atoms with van der Waals surface area (Å²) in [7, 11) is 0. The van der Waals surface area contributed by atoms with Gasteiger partial charge in [0.05, 0.1) is 5.69 Å². The summed E-state index contributed by atoms with van der Waals surface area (Å²) in [5, 5.41) is 7.67. The summed E-state index contributed by atoms with van der Waals surface area (Å²) in [6.07, 6.45) is 3.77. The van der Waals surface area contributed by atoms with Gasteiger partial charge in [0.15, 0.2) is 0 Å². The molecule has 1 aliphatic rings. The SMILES string of the molecule is C[C@H]1CNCCN1Cc1ccc(-n2cccn2)cc1. The van der Waals surface area contributed by atoms with Crippen LogP contribution in [0.1, 0.15) is 12.5 Å². The van der Waals surface area contributed by atoms with E-state index >= 15 is 0 Å². The molecule has 1 aromatic carbocycles. The van der Waals surface area contributed by atoms with Gasteiger partial charge in [0.1, 0.15) is 0 Å². The molecule has 4 heteroatoms. The lowest BCUT2D eigenvalue weighted by Gasteiger charge is -2.33. The number of nitrogens with zero attached hydrogens (tertiary/aromatic N) is 3. The zero-order valence-corrected chi connectivity index (χ0v) is 11.3. The Bertz CT molecular complexity index is 503. The molecule has 0 saturated carbocycles. The van der Waals surface area contributed by atoms with Crippen molar-refractivity contribution in [1.29, 1.82) is 0 Å². The van der Waals surface area contributed by atoms with Gasteiger partial charge in [-0.3, -0.25) is 4.90 Å². The topological polar surface area (TPSA) is 33.1 Å². The van der Waals surface area contributed by atoms with Gasteiger partial charge in [-0.1, -0.05) is 12.1 Å². The Balaban J connectivity index is 1.69. The number of rotatable bonds is 3. The van der Waals surface area contributed by atoms with E-state index in [4.69, 9.17) is 0 Å². The summed E-state index contributed by atoms with van der Waals surface area (Å²) >= 11 is 0. The van der Waals surface area contributed by atoms with Crippen molar-refractivity contribution in [3.8, 4) is 5.69 Å². The van der Waals surface area contributed by atoms with E-state index in [1.165, 1.54) is 5.56 Å². The minimum absolute atomic E-state index is 0.611. The van der Waals surface area contributed by atoms with Crippen LogP contribution in [0.25, 0.3) is 5.69 Å². The molecule has 4 nitrogen and oxygen atoms in total. The lowest BCUT2D eigenvalue weighted by molar-refractivity contribution is 0.165. The maximum Gasteiger partial charge on any atom is 0.0645 e. The van der Waals surface area contributed by atoms with Gasteiger partial charge >= 0.3 is 0 Å². The molecule has 2 heterocycles. The van der Waals surface area contributed by atoms with E-state index < -0.39 is 0 Å². The Hall–Kier alpha value is -1.65. The predicted molar refractivity (Wildman–Crippen MR) is 76.3 cm³/mol. The van der Waals surface area contributed by atoms with Crippen LogP contribution >= 0.6 is 0 Å². The third kappa shape index (κ3) is 2.85. The van der Waals surface area contributed by atoms with E-state index in [0.717, 1.165) is 31.9 Å². The highest BCUT2D eigenvalue weighted by molar-refractivity contribution is 5.33. The first kappa shape index (κ1) is 12.4. The van der Waals surface area contributed by atoms with E-state index in [0.29, 0.717) is 6.04 Å². The minimum Gasteiger partial charge on any atom is -0.314 e. The highest BCUT2D eigenvalue weighted by Gasteiger charge is 2.17. The van der Waals surface area contributed by atoms with Crippen molar-refractivity contribution in [2.75, 3.05) is 19.6 Å². The number of aromatic nitrogens is 2. The van der Waals surface area contributed by atoms with Gasteiger partial charge in [0.25, 0.3) is 0 Å². The normalized spacial score (nSPS) is 20.6. The highest BCUT2D eigenvalue weighted by Crippen LogP contribution is 2.13. The van der Waals surface area contributed by atoms with Gasteiger partial charge in [-0.25, -0.2) is 4.68 Å². The molecule has 3 rings (SSSR count). The summed E-state index contributed by atoms with van der Waals surface area (Å²) in [6, 6.07) is 11.2. The minimum atomic E-state index is 0.611. The summed E-state index contributed by atoms with van der Waals surface area (Å²) < 4.78 is 1.89. The molecule has 1 aliphatic heterocycles. The Morgan fingerprint density at radius 1 is 1.32 bits per heavy atom. The van der Waals surface area contributed by atoms with Crippen molar-refractivity contribution >= 4 is 0 Å². The molecule has 100 valence electrons. The fourth-order valence-electron chi connectivity index (χ4n) is 2.53. The van der Waals surface area contributed by atoms with Crippen molar-refractivity contribution < 1.29 is 0 Å². The first-order chi connectivity index (χ1) is 9.33. The lowest BCUT2D eigenvalue weighted by Crippen LogP contribution is -2.49. The van der Waals surface area contributed by atoms with E-state index in [1.54, 1.807) is 6.20 Å².